The van der Waals surface area contributed by atoms with Crippen molar-refractivity contribution in [1.29, 1.82) is 0 Å². The lowest BCUT2D eigenvalue weighted by Gasteiger charge is -2.22. The van der Waals surface area contributed by atoms with Crippen molar-refractivity contribution < 1.29 is 4.74 Å². The first-order valence-corrected chi connectivity index (χ1v) is 8.77. The predicted octanol–water partition coefficient (Wildman–Crippen LogP) is 3.51. The molecule has 2 unspecified atom stereocenters. The molecule has 0 bridgehead atoms. The summed E-state index contributed by atoms with van der Waals surface area (Å²) in [6, 6.07) is 7.80. The summed E-state index contributed by atoms with van der Waals surface area (Å²) < 4.78 is 5.55. The van der Waals surface area contributed by atoms with Crippen LogP contribution in [-0.2, 0) is 24.0 Å². The fourth-order valence-corrected chi connectivity index (χ4v) is 3.80. The molecule has 1 aliphatic heterocycles. The number of hydrogen-bond acceptors (Lipinski definition) is 2. The summed E-state index contributed by atoms with van der Waals surface area (Å²) in [5, 5.41) is 3.76. The highest BCUT2D eigenvalue weighted by Gasteiger charge is 2.21. The summed E-state index contributed by atoms with van der Waals surface area (Å²) in [5.74, 6) is 0.758. The van der Waals surface area contributed by atoms with Crippen LogP contribution in [0.2, 0.25) is 0 Å². The summed E-state index contributed by atoms with van der Waals surface area (Å²) in [6.45, 7) is 5.31. The van der Waals surface area contributed by atoms with Gasteiger partial charge in [0.25, 0.3) is 0 Å². The van der Waals surface area contributed by atoms with Crippen molar-refractivity contribution in [2.75, 3.05) is 19.8 Å². The van der Waals surface area contributed by atoms with Gasteiger partial charge in [0.1, 0.15) is 0 Å². The molecular formula is C19H29NO. The molecular weight excluding hydrogens is 258 g/mol. The van der Waals surface area contributed by atoms with E-state index < -0.39 is 0 Å². The van der Waals surface area contributed by atoms with Crippen LogP contribution in [0.5, 0.6) is 0 Å². The van der Waals surface area contributed by atoms with Gasteiger partial charge in [-0.15, -0.1) is 0 Å². The van der Waals surface area contributed by atoms with Crippen molar-refractivity contribution in [3.8, 4) is 0 Å². The standard InChI is InChI=1S/C19H29NO/c1-2-9-20-19(13-16-8-10-21-14-16)12-15-6-7-17-4-3-5-18(17)11-15/h6-7,11,16,19-20H,2-5,8-10,12-14H2,1H3. The van der Waals surface area contributed by atoms with Crippen molar-refractivity contribution in [3.63, 3.8) is 0 Å². The van der Waals surface area contributed by atoms with E-state index >= 15 is 0 Å². The number of ether oxygens (including phenoxy) is 1. The van der Waals surface area contributed by atoms with Gasteiger partial charge in [-0.3, -0.25) is 0 Å². The summed E-state index contributed by atoms with van der Waals surface area (Å²) in [7, 11) is 0. The molecule has 1 fully saturated rings. The molecule has 0 saturated carbocycles. The summed E-state index contributed by atoms with van der Waals surface area (Å²) in [6.07, 6.45) is 8.80. The minimum Gasteiger partial charge on any atom is -0.381 e. The van der Waals surface area contributed by atoms with Crippen LogP contribution in [0.15, 0.2) is 18.2 Å². The van der Waals surface area contributed by atoms with Gasteiger partial charge in [0.2, 0.25) is 0 Å². The van der Waals surface area contributed by atoms with E-state index in [0.29, 0.717) is 6.04 Å². The van der Waals surface area contributed by atoms with Gasteiger partial charge in [-0.05, 0) is 74.1 Å². The Kier molecular flexibility index (Phi) is 5.32. The Hall–Kier alpha value is -0.860. The molecule has 1 saturated heterocycles. The Bertz CT molecular complexity index is 451. The highest BCUT2D eigenvalue weighted by molar-refractivity contribution is 5.35. The highest BCUT2D eigenvalue weighted by Crippen LogP contribution is 2.25. The molecule has 2 heteroatoms. The third kappa shape index (κ3) is 4.08. The van der Waals surface area contributed by atoms with Gasteiger partial charge in [0, 0.05) is 19.3 Å². The van der Waals surface area contributed by atoms with Gasteiger partial charge in [-0.25, -0.2) is 0 Å². The van der Waals surface area contributed by atoms with Gasteiger partial charge in [-0.1, -0.05) is 25.1 Å². The van der Waals surface area contributed by atoms with Crippen LogP contribution in [0.4, 0.5) is 0 Å². The zero-order valence-electron chi connectivity index (χ0n) is 13.4. The van der Waals surface area contributed by atoms with Crippen molar-refractivity contribution in [2.45, 2.75) is 57.9 Å². The number of aryl methyl sites for hydroxylation is 2. The highest BCUT2D eigenvalue weighted by atomic mass is 16.5. The van der Waals surface area contributed by atoms with E-state index in [2.05, 4.69) is 30.4 Å². The van der Waals surface area contributed by atoms with Gasteiger partial charge >= 0.3 is 0 Å². The van der Waals surface area contributed by atoms with Crippen LogP contribution in [0, 0.1) is 5.92 Å². The minimum absolute atomic E-state index is 0.608. The second kappa shape index (κ2) is 7.42. The Morgan fingerprint density at radius 2 is 2.19 bits per heavy atom. The van der Waals surface area contributed by atoms with E-state index in [0.717, 1.165) is 25.7 Å². The average Bonchev–Trinajstić information content (AvgIpc) is 3.15. The molecule has 0 spiro atoms. The molecule has 0 amide bonds. The molecule has 1 aliphatic carbocycles. The van der Waals surface area contributed by atoms with Crippen LogP contribution in [0.3, 0.4) is 0 Å². The SMILES string of the molecule is CCCNC(Cc1ccc2c(c1)CCC2)CC1CCOC1. The lowest BCUT2D eigenvalue weighted by molar-refractivity contribution is 0.181. The molecule has 1 aromatic carbocycles. The number of fused-ring (bicyclic) bond motifs is 1. The van der Waals surface area contributed by atoms with Crippen molar-refractivity contribution >= 4 is 0 Å². The summed E-state index contributed by atoms with van der Waals surface area (Å²) >= 11 is 0. The lowest BCUT2D eigenvalue weighted by atomic mass is 9.93. The monoisotopic (exact) mass is 287 g/mol. The van der Waals surface area contributed by atoms with Gasteiger partial charge in [-0.2, -0.15) is 0 Å². The fourth-order valence-electron chi connectivity index (χ4n) is 3.80. The van der Waals surface area contributed by atoms with Gasteiger partial charge in [0.05, 0.1) is 0 Å². The number of rotatable bonds is 7. The van der Waals surface area contributed by atoms with E-state index in [1.807, 2.05) is 0 Å². The normalized spacial score (nSPS) is 22.4. The Morgan fingerprint density at radius 3 is 3.00 bits per heavy atom. The second-order valence-electron chi connectivity index (χ2n) is 6.78. The maximum Gasteiger partial charge on any atom is 0.0495 e. The van der Waals surface area contributed by atoms with E-state index in [1.54, 1.807) is 11.1 Å². The molecule has 1 N–H and O–H groups in total. The third-order valence-electron chi connectivity index (χ3n) is 4.97. The second-order valence-corrected chi connectivity index (χ2v) is 6.78. The molecule has 0 aromatic heterocycles. The molecule has 1 aromatic rings. The van der Waals surface area contributed by atoms with E-state index in [-0.39, 0.29) is 0 Å². The molecule has 2 aliphatic rings. The first-order chi connectivity index (χ1) is 10.3. The molecule has 2 atom stereocenters. The maximum absolute atomic E-state index is 5.55. The smallest absolute Gasteiger partial charge is 0.0495 e. The topological polar surface area (TPSA) is 21.3 Å². The molecule has 2 nitrogen and oxygen atoms in total. The van der Waals surface area contributed by atoms with Crippen LogP contribution in [0.25, 0.3) is 0 Å². The maximum atomic E-state index is 5.55. The number of hydrogen-bond donors (Lipinski definition) is 1. The van der Waals surface area contributed by atoms with Crippen LogP contribution < -0.4 is 5.32 Å². The van der Waals surface area contributed by atoms with E-state index in [1.165, 1.54) is 50.5 Å². The van der Waals surface area contributed by atoms with Crippen molar-refractivity contribution in [3.05, 3.63) is 34.9 Å². The van der Waals surface area contributed by atoms with E-state index in [4.69, 9.17) is 4.74 Å². The fraction of sp³-hybridized carbons (Fsp3) is 0.684. The Morgan fingerprint density at radius 1 is 1.29 bits per heavy atom. The Labute approximate surface area is 129 Å². The molecule has 3 rings (SSSR count). The van der Waals surface area contributed by atoms with Gasteiger partial charge < -0.3 is 10.1 Å². The molecule has 21 heavy (non-hydrogen) atoms. The van der Waals surface area contributed by atoms with Crippen molar-refractivity contribution in [1.82, 2.24) is 5.32 Å². The first kappa shape index (κ1) is 15.1. The van der Waals surface area contributed by atoms with Crippen molar-refractivity contribution in [2.24, 2.45) is 5.92 Å². The number of nitrogens with one attached hydrogen (secondary N) is 1. The van der Waals surface area contributed by atoms with Crippen LogP contribution >= 0.6 is 0 Å². The van der Waals surface area contributed by atoms with Gasteiger partial charge in [0.15, 0.2) is 0 Å². The lowest BCUT2D eigenvalue weighted by Crippen LogP contribution is -2.34. The summed E-state index contributed by atoms with van der Waals surface area (Å²) in [4.78, 5) is 0. The predicted molar refractivity (Wildman–Crippen MR) is 87.8 cm³/mol. The molecule has 1 heterocycles. The van der Waals surface area contributed by atoms with Crippen LogP contribution in [-0.4, -0.2) is 25.8 Å². The zero-order chi connectivity index (χ0) is 14.5. The Balaban J connectivity index is 1.62. The quantitative estimate of drug-likeness (QED) is 0.828. The molecule has 116 valence electrons. The minimum atomic E-state index is 0.608. The average molecular weight is 287 g/mol. The third-order valence-corrected chi connectivity index (χ3v) is 4.97. The number of benzene rings is 1. The largest absolute Gasteiger partial charge is 0.381 e. The zero-order valence-corrected chi connectivity index (χ0v) is 13.4. The van der Waals surface area contributed by atoms with Crippen LogP contribution in [0.1, 0.15) is 49.3 Å². The molecule has 0 radical (unpaired) electrons. The first-order valence-electron chi connectivity index (χ1n) is 8.77. The summed E-state index contributed by atoms with van der Waals surface area (Å²) in [5.41, 5.74) is 4.70. The van der Waals surface area contributed by atoms with E-state index in [9.17, 15) is 0 Å².